The molecule has 1 aliphatic carbocycles. The largest absolute Gasteiger partial charge is 0.383 e. The van der Waals surface area contributed by atoms with Crippen LogP contribution in [-0.4, -0.2) is 75.9 Å². The maximum absolute atomic E-state index is 5.35. The van der Waals surface area contributed by atoms with Gasteiger partial charge in [-0.25, -0.2) is 0 Å². The molecule has 1 N–H and O–H groups in total. The van der Waals surface area contributed by atoms with Crippen molar-refractivity contribution < 1.29 is 4.74 Å². The summed E-state index contributed by atoms with van der Waals surface area (Å²) in [5, 5.41) is 3.43. The van der Waals surface area contributed by atoms with Crippen molar-refractivity contribution in [2.24, 2.45) is 0 Å². The van der Waals surface area contributed by atoms with E-state index in [1.54, 1.807) is 7.11 Å². The highest BCUT2D eigenvalue weighted by molar-refractivity contribution is 4.98. The second-order valence-corrected chi connectivity index (χ2v) is 5.80. The van der Waals surface area contributed by atoms with Gasteiger partial charge in [-0.1, -0.05) is 6.92 Å². The molecule has 4 heteroatoms. The summed E-state index contributed by atoms with van der Waals surface area (Å²) in [7, 11) is 8.44. The van der Waals surface area contributed by atoms with Crippen LogP contribution < -0.4 is 5.32 Å². The van der Waals surface area contributed by atoms with E-state index in [1.807, 2.05) is 0 Å². The molecule has 0 spiro atoms. The van der Waals surface area contributed by atoms with Crippen molar-refractivity contribution in [2.45, 2.75) is 37.8 Å². The summed E-state index contributed by atoms with van der Waals surface area (Å²) in [5.74, 6) is 0. The van der Waals surface area contributed by atoms with Crippen LogP contribution in [0.3, 0.4) is 0 Å². The SMILES string of the molecule is CCNCC(COC)N(C)CC1(N(C)C)CCC1. The van der Waals surface area contributed by atoms with Crippen LogP contribution in [0.1, 0.15) is 26.2 Å². The highest BCUT2D eigenvalue weighted by atomic mass is 16.5. The molecule has 0 aromatic carbocycles. The number of hydrogen-bond donors (Lipinski definition) is 1. The maximum atomic E-state index is 5.35. The number of likely N-dealkylation sites (N-methyl/N-ethyl adjacent to an activating group) is 3. The van der Waals surface area contributed by atoms with E-state index in [0.29, 0.717) is 11.6 Å². The third-order valence-corrected chi connectivity index (χ3v) is 4.39. The van der Waals surface area contributed by atoms with Gasteiger partial charge in [0.2, 0.25) is 0 Å². The van der Waals surface area contributed by atoms with Crippen molar-refractivity contribution in [3.05, 3.63) is 0 Å². The minimum Gasteiger partial charge on any atom is -0.383 e. The molecule has 1 unspecified atom stereocenters. The Labute approximate surface area is 113 Å². The molecule has 1 saturated carbocycles. The highest BCUT2D eigenvalue weighted by Gasteiger charge is 2.40. The zero-order valence-corrected chi connectivity index (χ0v) is 12.8. The van der Waals surface area contributed by atoms with Gasteiger partial charge in [-0.3, -0.25) is 4.90 Å². The van der Waals surface area contributed by atoms with Crippen LogP contribution in [0.25, 0.3) is 0 Å². The molecule has 1 aliphatic rings. The molecule has 0 saturated heterocycles. The topological polar surface area (TPSA) is 27.7 Å². The molecule has 1 fully saturated rings. The van der Waals surface area contributed by atoms with Gasteiger partial charge in [-0.05, 0) is 47.0 Å². The van der Waals surface area contributed by atoms with Gasteiger partial charge in [0.15, 0.2) is 0 Å². The van der Waals surface area contributed by atoms with Crippen molar-refractivity contribution in [1.82, 2.24) is 15.1 Å². The highest BCUT2D eigenvalue weighted by Crippen LogP contribution is 2.36. The summed E-state index contributed by atoms with van der Waals surface area (Å²) in [6, 6.07) is 0.465. The summed E-state index contributed by atoms with van der Waals surface area (Å²) in [5.41, 5.74) is 0.396. The third-order valence-electron chi connectivity index (χ3n) is 4.39. The predicted octanol–water partition coefficient (Wildman–Crippen LogP) is 1.03. The van der Waals surface area contributed by atoms with Crippen molar-refractivity contribution in [3.63, 3.8) is 0 Å². The van der Waals surface area contributed by atoms with Crippen LogP contribution in [0.5, 0.6) is 0 Å². The lowest BCUT2D eigenvalue weighted by Crippen LogP contribution is -2.59. The average Bonchev–Trinajstić information content (AvgIpc) is 2.28. The Morgan fingerprint density at radius 2 is 1.94 bits per heavy atom. The summed E-state index contributed by atoms with van der Waals surface area (Å²) in [6.45, 7) is 6.11. The minimum atomic E-state index is 0.396. The van der Waals surface area contributed by atoms with Gasteiger partial charge in [-0.15, -0.1) is 0 Å². The monoisotopic (exact) mass is 257 g/mol. The molecular formula is C14H31N3O. The van der Waals surface area contributed by atoms with Crippen molar-refractivity contribution in [1.29, 1.82) is 0 Å². The Bertz CT molecular complexity index is 229. The Kier molecular flexibility index (Phi) is 6.57. The van der Waals surface area contributed by atoms with E-state index < -0.39 is 0 Å². The van der Waals surface area contributed by atoms with Crippen LogP contribution in [0, 0.1) is 0 Å². The number of rotatable bonds is 9. The zero-order valence-electron chi connectivity index (χ0n) is 12.8. The zero-order chi connectivity index (χ0) is 13.6. The molecular weight excluding hydrogens is 226 g/mol. The van der Waals surface area contributed by atoms with Gasteiger partial charge in [0.1, 0.15) is 0 Å². The van der Waals surface area contributed by atoms with Gasteiger partial charge in [-0.2, -0.15) is 0 Å². The first kappa shape index (κ1) is 15.9. The lowest BCUT2D eigenvalue weighted by molar-refractivity contribution is 0.00356. The Hall–Kier alpha value is -0.160. The first-order valence-corrected chi connectivity index (χ1v) is 7.13. The molecule has 0 aliphatic heterocycles. The summed E-state index contributed by atoms with van der Waals surface area (Å²) < 4.78 is 5.35. The van der Waals surface area contributed by atoms with E-state index >= 15 is 0 Å². The molecule has 18 heavy (non-hydrogen) atoms. The molecule has 0 heterocycles. The first-order valence-electron chi connectivity index (χ1n) is 7.13. The van der Waals surface area contributed by atoms with Gasteiger partial charge in [0.05, 0.1) is 6.61 Å². The van der Waals surface area contributed by atoms with Gasteiger partial charge >= 0.3 is 0 Å². The molecule has 0 bridgehead atoms. The second-order valence-electron chi connectivity index (χ2n) is 5.80. The third kappa shape index (κ3) is 3.92. The van der Waals surface area contributed by atoms with E-state index in [9.17, 15) is 0 Å². The summed E-state index contributed by atoms with van der Waals surface area (Å²) >= 11 is 0. The second kappa shape index (κ2) is 7.43. The Balaban J connectivity index is 2.51. The summed E-state index contributed by atoms with van der Waals surface area (Å²) in [6.07, 6.45) is 4.02. The fourth-order valence-corrected chi connectivity index (χ4v) is 2.77. The van der Waals surface area contributed by atoms with Gasteiger partial charge in [0.25, 0.3) is 0 Å². The Morgan fingerprint density at radius 3 is 2.33 bits per heavy atom. The van der Waals surface area contributed by atoms with Crippen LogP contribution in [0.2, 0.25) is 0 Å². The molecule has 0 radical (unpaired) electrons. The minimum absolute atomic E-state index is 0.396. The van der Waals surface area contributed by atoms with Crippen molar-refractivity contribution in [2.75, 3.05) is 54.5 Å². The molecule has 0 aromatic rings. The van der Waals surface area contributed by atoms with Crippen LogP contribution >= 0.6 is 0 Å². The fraction of sp³-hybridized carbons (Fsp3) is 1.00. The molecule has 0 amide bonds. The fourth-order valence-electron chi connectivity index (χ4n) is 2.77. The lowest BCUT2D eigenvalue weighted by Gasteiger charge is -2.50. The van der Waals surface area contributed by atoms with Crippen LogP contribution in [-0.2, 0) is 4.74 Å². The van der Waals surface area contributed by atoms with Crippen molar-refractivity contribution in [3.8, 4) is 0 Å². The molecule has 108 valence electrons. The quantitative estimate of drug-likeness (QED) is 0.668. The molecule has 1 atom stereocenters. The number of methoxy groups -OCH3 is 1. The number of nitrogens with one attached hydrogen (secondary N) is 1. The molecule has 4 nitrogen and oxygen atoms in total. The lowest BCUT2D eigenvalue weighted by atomic mass is 9.75. The van der Waals surface area contributed by atoms with E-state index in [2.05, 4.69) is 43.2 Å². The van der Waals surface area contributed by atoms with E-state index in [0.717, 1.165) is 26.2 Å². The van der Waals surface area contributed by atoms with Crippen LogP contribution in [0.15, 0.2) is 0 Å². The normalized spacial score (nSPS) is 20.2. The smallest absolute Gasteiger partial charge is 0.0630 e. The Morgan fingerprint density at radius 1 is 1.28 bits per heavy atom. The number of hydrogen-bond acceptors (Lipinski definition) is 4. The van der Waals surface area contributed by atoms with Gasteiger partial charge in [0, 0.05) is 31.8 Å². The number of nitrogens with zero attached hydrogens (tertiary/aromatic N) is 2. The van der Waals surface area contributed by atoms with E-state index in [-0.39, 0.29) is 0 Å². The summed E-state index contributed by atoms with van der Waals surface area (Å²) in [4.78, 5) is 4.87. The van der Waals surface area contributed by atoms with Gasteiger partial charge < -0.3 is 15.0 Å². The number of ether oxygens (including phenoxy) is 1. The maximum Gasteiger partial charge on any atom is 0.0630 e. The average molecular weight is 257 g/mol. The van der Waals surface area contributed by atoms with E-state index in [1.165, 1.54) is 19.3 Å². The molecule has 1 rings (SSSR count). The first-order chi connectivity index (χ1) is 8.55. The van der Waals surface area contributed by atoms with Crippen molar-refractivity contribution >= 4 is 0 Å². The van der Waals surface area contributed by atoms with E-state index in [4.69, 9.17) is 4.74 Å². The predicted molar refractivity (Wildman–Crippen MR) is 77.1 cm³/mol. The standard InChI is InChI=1S/C14H31N3O/c1-6-15-10-13(11-18-5)17(4)12-14(16(2)3)8-7-9-14/h13,15H,6-12H2,1-5H3. The molecule has 0 aromatic heterocycles. The van der Waals surface area contributed by atoms with Crippen LogP contribution in [0.4, 0.5) is 0 Å².